The Morgan fingerprint density at radius 2 is 0.900 bits per heavy atom. The molecule has 4 rings (SSSR count). The van der Waals surface area contributed by atoms with E-state index in [-0.39, 0.29) is 106 Å². The summed E-state index contributed by atoms with van der Waals surface area (Å²) in [6, 6.07) is 0. The monoisotopic (exact) mass is 646 g/mol. The van der Waals surface area contributed by atoms with E-state index in [0.29, 0.717) is 6.47 Å². The SMILES string of the molecule is CN1C(=O)C2(C(=O)[N-]C2=O)C1=O.O=C1[N-]C(=O)C12C(=O)[N-]C2=O.O=[C-]O.[CH3-].[Y+3].[Y].[Y]. The number of likely N-dealkylation sites (tertiary alicyclic amines) is 1. The molecule has 4 aliphatic heterocycles. The Morgan fingerprint density at radius 1 is 0.700 bits per heavy atom. The first-order chi connectivity index (χ1) is 12.0. The summed E-state index contributed by atoms with van der Waals surface area (Å²) in [5.74, 6) is -7.31. The van der Waals surface area contributed by atoms with Crippen molar-refractivity contribution < 1.29 is 146 Å². The van der Waals surface area contributed by atoms with Crippen molar-refractivity contribution in [2.24, 2.45) is 10.8 Å². The van der Waals surface area contributed by atoms with Crippen molar-refractivity contribution in [2.75, 3.05) is 7.05 Å². The van der Waals surface area contributed by atoms with E-state index in [1.165, 1.54) is 7.05 Å². The molecule has 0 aliphatic carbocycles. The molecule has 0 aromatic heterocycles. The van der Waals surface area contributed by atoms with E-state index in [4.69, 9.17) is 9.90 Å². The average molecular weight is 646 g/mol. The number of β-lactam (4-membered cyclic amide) rings is 8. The molecule has 150 valence electrons. The average Bonchev–Trinajstić information content (AvgIpc) is 2.55. The number of carbonyl (C=O) groups is 8. The standard InChI is InChI=1S/C6H4N2O4.C5H2N2O4.CHO2.CH3.3Y/c1-8-4(11)6(5(8)12)2(9)7-3(6)10;8-1-5(2(9)6-1)3(10)7-4(5)11;2-1-3;;;;/h1H3,(H,7,9,10);(H2,6,7,8,9,10,11);(H,2,3);1H3;;;/q;;2*-1;;;+3/p-3. The van der Waals surface area contributed by atoms with Crippen LogP contribution in [0.4, 0.5) is 0 Å². The molecule has 0 aromatic carbocycles. The van der Waals surface area contributed by atoms with Gasteiger partial charge in [-0.3, -0.25) is 14.5 Å². The molecule has 4 heterocycles. The van der Waals surface area contributed by atoms with Crippen molar-refractivity contribution in [3.05, 3.63) is 23.4 Å². The van der Waals surface area contributed by atoms with Gasteiger partial charge in [-0.1, -0.05) is 6.47 Å². The second-order valence-corrected chi connectivity index (χ2v) is 4.93. The zero-order chi connectivity index (χ0) is 20.0. The van der Waals surface area contributed by atoms with E-state index < -0.39 is 58.1 Å². The molecular weight excluding hydrogens is 639 g/mol. The molecule has 0 aromatic rings. The summed E-state index contributed by atoms with van der Waals surface area (Å²) in [6.45, 7) is 0.500. The minimum Gasteiger partial charge on any atom is -0.665 e. The summed E-state index contributed by atoms with van der Waals surface area (Å²) in [5, 5.41) is 15.3. The van der Waals surface area contributed by atoms with E-state index in [0.717, 1.165) is 4.90 Å². The molecule has 2 radical (unpaired) electrons. The van der Waals surface area contributed by atoms with Crippen LogP contribution in [-0.2, 0) is 141 Å². The molecule has 0 unspecified atom stereocenters. The molecule has 4 fully saturated rings. The maximum atomic E-state index is 11.0. The third-order valence-corrected chi connectivity index (χ3v) is 3.78. The Morgan fingerprint density at radius 3 is 1.00 bits per heavy atom. The van der Waals surface area contributed by atoms with Crippen molar-refractivity contribution in [3.8, 4) is 0 Å². The van der Waals surface area contributed by atoms with Crippen LogP contribution in [0, 0.1) is 18.3 Å². The summed E-state index contributed by atoms with van der Waals surface area (Å²) in [4.78, 5) is 94.8. The van der Waals surface area contributed by atoms with Crippen LogP contribution in [0.3, 0.4) is 0 Å². The molecule has 17 heteroatoms. The van der Waals surface area contributed by atoms with Gasteiger partial charge in [0, 0.05) is 72.5 Å². The number of hydrogen-bond acceptors (Lipinski definition) is 9. The van der Waals surface area contributed by atoms with Gasteiger partial charge in [-0.25, -0.2) is 0 Å². The van der Waals surface area contributed by atoms with E-state index in [1.54, 1.807) is 0 Å². The van der Waals surface area contributed by atoms with Crippen molar-refractivity contribution in [1.82, 2.24) is 4.90 Å². The fourth-order valence-corrected chi connectivity index (χ4v) is 2.26. The van der Waals surface area contributed by atoms with E-state index in [9.17, 15) is 38.4 Å². The molecule has 0 bridgehead atoms. The van der Waals surface area contributed by atoms with Crippen LogP contribution < -0.4 is 0 Å². The van der Waals surface area contributed by atoms with Crippen LogP contribution in [0.15, 0.2) is 0 Å². The summed E-state index contributed by atoms with van der Waals surface area (Å²) in [7, 11) is 1.22. The molecule has 0 saturated carbocycles. The van der Waals surface area contributed by atoms with Crippen LogP contribution in [0.1, 0.15) is 0 Å². The fourth-order valence-electron chi connectivity index (χ4n) is 2.26. The number of imide groups is 4. The first kappa shape index (κ1) is 34.0. The summed E-state index contributed by atoms with van der Waals surface area (Å²) in [6.07, 6.45) is 0. The normalized spacial score (nSPS) is 19.8. The van der Waals surface area contributed by atoms with Crippen LogP contribution >= 0.6 is 0 Å². The first-order valence-electron chi connectivity index (χ1n) is 6.30. The predicted molar refractivity (Wildman–Crippen MR) is 77.5 cm³/mol. The fraction of sp³-hybridized carbons (Fsp3) is 0.231. The van der Waals surface area contributed by atoms with Crippen LogP contribution in [0.2, 0.25) is 0 Å². The summed E-state index contributed by atoms with van der Waals surface area (Å²) < 4.78 is 0. The zero-order valence-electron chi connectivity index (χ0n) is 15.1. The predicted octanol–water partition coefficient (Wildman–Crippen LogP) is -2.68. The van der Waals surface area contributed by atoms with Gasteiger partial charge < -0.3 is 62.0 Å². The number of hydrogen-bond donors (Lipinski definition) is 1. The van der Waals surface area contributed by atoms with Crippen LogP contribution in [-0.4, -0.2) is 70.8 Å². The van der Waals surface area contributed by atoms with Gasteiger partial charge in [0.2, 0.25) is 5.41 Å². The Hall–Kier alpha value is -0.658. The largest absolute Gasteiger partial charge is 3.00 e. The Bertz CT molecular complexity index is 763. The minimum atomic E-state index is -2.11. The number of rotatable bonds is 0. The molecule has 1 N–H and O–H groups in total. The first-order valence-corrected chi connectivity index (χ1v) is 6.30. The number of aliphatic hydroxyl groups excluding tert-OH is 1. The molecule has 30 heavy (non-hydrogen) atoms. The van der Waals surface area contributed by atoms with Gasteiger partial charge in [0.25, 0.3) is 11.8 Å². The zero-order valence-corrected chi connectivity index (χ0v) is 23.7. The van der Waals surface area contributed by atoms with Crippen molar-refractivity contribution >= 4 is 53.7 Å². The van der Waals surface area contributed by atoms with E-state index >= 15 is 0 Å². The van der Waals surface area contributed by atoms with Crippen molar-refractivity contribution in [3.63, 3.8) is 0 Å². The topological polar surface area (TPSA) is 219 Å². The number of carbonyl (C=O) groups excluding carboxylic acids is 8. The van der Waals surface area contributed by atoms with E-state index in [1.807, 2.05) is 0 Å². The molecule has 4 saturated heterocycles. The Kier molecular flexibility index (Phi) is 13.4. The van der Waals surface area contributed by atoms with Gasteiger partial charge >= 0.3 is 32.7 Å². The molecule has 2 spiro atoms. The van der Waals surface area contributed by atoms with E-state index in [2.05, 4.69) is 16.0 Å². The quantitative estimate of drug-likeness (QED) is 0.163. The van der Waals surface area contributed by atoms with Gasteiger partial charge in [0.1, 0.15) is 5.41 Å². The van der Waals surface area contributed by atoms with Crippen LogP contribution in [0.5, 0.6) is 0 Å². The van der Waals surface area contributed by atoms with Crippen LogP contribution in [0.25, 0.3) is 16.0 Å². The maximum absolute atomic E-state index is 11.0. The Balaban J connectivity index is -0.000000386. The third-order valence-electron chi connectivity index (χ3n) is 3.78. The molecule has 4 aliphatic rings. The second kappa shape index (κ2) is 11.8. The van der Waals surface area contributed by atoms with Gasteiger partial charge in [0.05, 0.1) is 35.4 Å². The second-order valence-electron chi connectivity index (χ2n) is 4.93. The van der Waals surface area contributed by atoms with Gasteiger partial charge in [-0.15, -0.1) is 0 Å². The smallest absolute Gasteiger partial charge is 0.665 e. The minimum absolute atomic E-state index is 0. The summed E-state index contributed by atoms with van der Waals surface area (Å²) in [5.41, 5.74) is -4.16. The maximum Gasteiger partial charge on any atom is 3.00 e. The summed E-state index contributed by atoms with van der Waals surface area (Å²) >= 11 is 0. The van der Waals surface area contributed by atoms with Gasteiger partial charge in [-0.05, 0) is 0 Å². The van der Waals surface area contributed by atoms with Crippen molar-refractivity contribution in [2.45, 2.75) is 0 Å². The third kappa shape index (κ3) is 4.18. The van der Waals surface area contributed by atoms with Crippen molar-refractivity contribution in [1.29, 1.82) is 0 Å². The number of amides is 8. The van der Waals surface area contributed by atoms with Gasteiger partial charge in [0.15, 0.2) is 0 Å². The van der Waals surface area contributed by atoms with Gasteiger partial charge in [-0.2, -0.15) is 0 Å². The number of nitrogens with zero attached hydrogens (tertiary/aromatic N) is 4. The molecule has 0 atom stereocenters. The molecule has 14 nitrogen and oxygen atoms in total. The molecule has 8 amide bonds. The Labute approximate surface area is 243 Å². The molecular formula is C13H7N4O10Y3-2.